The second-order valence-electron chi connectivity index (χ2n) is 7.58. The van der Waals surface area contributed by atoms with Gasteiger partial charge >= 0.3 is 11.8 Å². The SMILES string of the molecule is CC(C)(C)OC(=O)n1c(=O)n(CC2CCCCC2)c2ccncc21. The molecule has 1 fully saturated rings. The molecule has 1 aliphatic rings. The lowest BCUT2D eigenvalue weighted by Crippen LogP contribution is -2.35. The third-order valence-corrected chi connectivity index (χ3v) is 4.47. The van der Waals surface area contributed by atoms with Crippen molar-refractivity contribution >= 4 is 17.1 Å². The molecule has 2 aromatic rings. The zero-order valence-electron chi connectivity index (χ0n) is 14.6. The van der Waals surface area contributed by atoms with Gasteiger partial charge in [-0.1, -0.05) is 19.3 Å². The molecule has 0 bridgehead atoms. The second kappa shape index (κ2) is 6.42. The molecule has 0 aromatic carbocycles. The lowest BCUT2D eigenvalue weighted by atomic mass is 9.89. The van der Waals surface area contributed by atoms with Gasteiger partial charge in [-0.05, 0) is 45.6 Å². The van der Waals surface area contributed by atoms with Crippen molar-refractivity contribution in [1.29, 1.82) is 0 Å². The zero-order valence-corrected chi connectivity index (χ0v) is 14.6. The molecule has 1 aliphatic carbocycles. The summed E-state index contributed by atoms with van der Waals surface area (Å²) in [6, 6.07) is 1.79. The van der Waals surface area contributed by atoms with Crippen LogP contribution in [0.5, 0.6) is 0 Å². The maximum absolute atomic E-state index is 12.9. The number of hydrogen-bond donors (Lipinski definition) is 0. The van der Waals surface area contributed by atoms with E-state index in [0.29, 0.717) is 18.0 Å². The Morgan fingerprint density at radius 2 is 1.96 bits per heavy atom. The number of carbonyl (C=O) groups is 1. The fourth-order valence-electron chi connectivity index (χ4n) is 3.39. The fraction of sp³-hybridized carbons (Fsp3) is 0.611. The number of aromatic nitrogens is 3. The van der Waals surface area contributed by atoms with Gasteiger partial charge in [0.05, 0.1) is 17.2 Å². The molecule has 6 heteroatoms. The largest absolute Gasteiger partial charge is 0.443 e. The Kier molecular flexibility index (Phi) is 4.47. The Labute approximate surface area is 141 Å². The monoisotopic (exact) mass is 331 g/mol. The van der Waals surface area contributed by atoms with Crippen molar-refractivity contribution in [1.82, 2.24) is 14.1 Å². The molecule has 1 saturated carbocycles. The summed E-state index contributed by atoms with van der Waals surface area (Å²) in [5.74, 6) is 0.488. The fourth-order valence-corrected chi connectivity index (χ4v) is 3.39. The number of rotatable bonds is 2. The number of fused-ring (bicyclic) bond motifs is 1. The molecule has 2 aromatic heterocycles. The highest BCUT2D eigenvalue weighted by Gasteiger charge is 2.25. The van der Waals surface area contributed by atoms with Crippen LogP contribution in [0.25, 0.3) is 11.0 Å². The first-order chi connectivity index (χ1) is 11.4. The molecule has 130 valence electrons. The van der Waals surface area contributed by atoms with E-state index in [0.717, 1.165) is 22.9 Å². The number of hydrogen-bond acceptors (Lipinski definition) is 4. The van der Waals surface area contributed by atoms with Gasteiger partial charge in [-0.3, -0.25) is 9.55 Å². The van der Waals surface area contributed by atoms with E-state index < -0.39 is 11.7 Å². The second-order valence-corrected chi connectivity index (χ2v) is 7.58. The van der Waals surface area contributed by atoms with Crippen LogP contribution < -0.4 is 5.69 Å². The zero-order chi connectivity index (χ0) is 17.3. The first-order valence-electron chi connectivity index (χ1n) is 8.65. The normalized spacial score (nSPS) is 16.5. The summed E-state index contributed by atoms with van der Waals surface area (Å²) in [4.78, 5) is 29.5. The Bertz CT molecular complexity index is 792. The molecular weight excluding hydrogens is 306 g/mol. The molecule has 0 amide bonds. The summed E-state index contributed by atoms with van der Waals surface area (Å²) in [7, 11) is 0. The average Bonchev–Trinajstić information content (AvgIpc) is 2.79. The topological polar surface area (TPSA) is 66.1 Å². The van der Waals surface area contributed by atoms with Crippen LogP contribution in [0.15, 0.2) is 23.3 Å². The summed E-state index contributed by atoms with van der Waals surface area (Å²) in [6.07, 6.45) is 8.53. The molecule has 0 aliphatic heterocycles. The Morgan fingerprint density at radius 3 is 2.62 bits per heavy atom. The van der Waals surface area contributed by atoms with Crippen molar-refractivity contribution in [2.75, 3.05) is 0 Å². The van der Waals surface area contributed by atoms with Crippen molar-refractivity contribution in [3.05, 3.63) is 28.9 Å². The lowest BCUT2D eigenvalue weighted by Gasteiger charge is -2.21. The van der Waals surface area contributed by atoms with E-state index in [1.54, 1.807) is 43.8 Å². The van der Waals surface area contributed by atoms with Crippen molar-refractivity contribution in [2.45, 2.75) is 65.0 Å². The number of nitrogens with zero attached hydrogens (tertiary/aromatic N) is 3. The van der Waals surface area contributed by atoms with Gasteiger partial charge in [-0.15, -0.1) is 0 Å². The molecule has 6 nitrogen and oxygen atoms in total. The van der Waals surface area contributed by atoms with Gasteiger partial charge in [0, 0.05) is 12.7 Å². The van der Waals surface area contributed by atoms with Gasteiger partial charge in [0.25, 0.3) is 0 Å². The maximum atomic E-state index is 12.9. The minimum atomic E-state index is -0.656. The third kappa shape index (κ3) is 3.37. The van der Waals surface area contributed by atoms with Gasteiger partial charge in [-0.2, -0.15) is 4.57 Å². The molecule has 0 N–H and O–H groups in total. The minimum absolute atomic E-state index is 0.335. The summed E-state index contributed by atoms with van der Waals surface area (Å²) >= 11 is 0. The summed E-state index contributed by atoms with van der Waals surface area (Å²) in [6.45, 7) is 6.01. The molecule has 2 heterocycles. The Morgan fingerprint density at radius 1 is 1.25 bits per heavy atom. The lowest BCUT2D eigenvalue weighted by molar-refractivity contribution is 0.0536. The van der Waals surface area contributed by atoms with Crippen molar-refractivity contribution in [3.63, 3.8) is 0 Å². The third-order valence-electron chi connectivity index (χ3n) is 4.47. The van der Waals surface area contributed by atoms with Crippen LogP contribution in [0.3, 0.4) is 0 Å². The Balaban J connectivity index is 2.02. The number of carbonyl (C=O) groups excluding carboxylic acids is 1. The van der Waals surface area contributed by atoms with Crippen LogP contribution in [0.4, 0.5) is 4.79 Å². The molecule has 0 atom stereocenters. The highest BCUT2D eigenvalue weighted by atomic mass is 16.6. The van der Waals surface area contributed by atoms with E-state index in [1.165, 1.54) is 19.3 Å². The molecular formula is C18H25N3O3. The molecule has 0 saturated heterocycles. The predicted octanol–water partition coefficient (Wildman–Crippen LogP) is 3.56. The highest BCUT2D eigenvalue weighted by Crippen LogP contribution is 2.26. The van der Waals surface area contributed by atoms with E-state index in [2.05, 4.69) is 4.98 Å². The predicted molar refractivity (Wildman–Crippen MR) is 92.2 cm³/mol. The van der Waals surface area contributed by atoms with Crippen LogP contribution >= 0.6 is 0 Å². The van der Waals surface area contributed by atoms with Crippen molar-refractivity contribution in [2.24, 2.45) is 5.92 Å². The maximum Gasteiger partial charge on any atom is 0.423 e. The van der Waals surface area contributed by atoms with Crippen molar-refractivity contribution in [3.8, 4) is 0 Å². The smallest absolute Gasteiger partial charge is 0.423 e. The van der Waals surface area contributed by atoms with E-state index in [9.17, 15) is 9.59 Å². The van der Waals surface area contributed by atoms with Crippen LogP contribution in [0.2, 0.25) is 0 Å². The van der Waals surface area contributed by atoms with Crippen molar-refractivity contribution < 1.29 is 9.53 Å². The first-order valence-corrected chi connectivity index (χ1v) is 8.65. The highest BCUT2D eigenvalue weighted by molar-refractivity contribution is 5.86. The first kappa shape index (κ1) is 16.7. The van der Waals surface area contributed by atoms with Crippen LogP contribution in [-0.2, 0) is 11.3 Å². The van der Waals surface area contributed by atoms with Crippen LogP contribution in [-0.4, -0.2) is 25.8 Å². The van der Waals surface area contributed by atoms with Crippen LogP contribution in [0.1, 0.15) is 52.9 Å². The average molecular weight is 331 g/mol. The quantitative estimate of drug-likeness (QED) is 0.844. The summed E-state index contributed by atoms with van der Waals surface area (Å²) in [5, 5.41) is 0. The van der Waals surface area contributed by atoms with Gasteiger partial charge in [-0.25, -0.2) is 9.59 Å². The molecule has 0 radical (unpaired) electrons. The molecule has 0 unspecified atom stereocenters. The number of pyridine rings is 1. The molecule has 3 rings (SSSR count). The molecule has 24 heavy (non-hydrogen) atoms. The van der Waals surface area contributed by atoms with Gasteiger partial charge in [0.15, 0.2) is 0 Å². The van der Waals surface area contributed by atoms with E-state index in [-0.39, 0.29) is 5.69 Å². The van der Waals surface area contributed by atoms with E-state index >= 15 is 0 Å². The van der Waals surface area contributed by atoms with Gasteiger partial charge in [0.2, 0.25) is 0 Å². The molecule has 0 spiro atoms. The van der Waals surface area contributed by atoms with Gasteiger partial charge < -0.3 is 4.74 Å². The number of ether oxygens (including phenoxy) is 1. The Hall–Kier alpha value is -2.11. The van der Waals surface area contributed by atoms with E-state index in [1.807, 2.05) is 0 Å². The standard InChI is InChI=1S/C18H25N3O3/c1-18(2,3)24-17(23)21-15-11-19-10-9-14(15)20(16(21)22)12-13-7-5-4-6-8-13/h9-11,13H,4-8,12H2,1-3H3. The number of imidazole rings is 1. The summed E-state index contributed by atoms with van der Waals surface area (Å²) < 4.78 is 8.21. The minimum Gasteiger partial charge on any atom is -0.443 e. The van der Waals surface area contributed by atoms with E-state index in [4.69, 9.17) is 4.74 Å². The van der Waals surface area contributed by atoms with Crippen LogP contribution in [0, 0.1) is 5.92 Å². The summed E-state index contributed by atoms with van der Waals surface area (Å²) in [5.41, 5.74) is 0.257. The van der Waals surface area contributed by atoms with Gasteiger partial charge in [0.1, 0.15) is 5.60 Å².